The monoisotopic (exact) mass is 204 g/mol. The van der Waals surface area contributed by atoms with Crippen LogP contribution in [0.25, 0.3) is 0 Å². The zero-order chi connectivity index (χ0) is 7.40. The molecule has 1 atom stereocenters. The van der Waals surface area contributed by atoms with Gasteiger partial charge in [0.1, 0.15) is 5.75 Å². The number of benzene rings is 1. The van der Waals surface area contributed by atoms with Crippen LogP contribution < -0.4 is 4.74 Å². The van der Waals surface area contributed by atoms with E-state index >= 15 is 0 Å². The first-order valence-corrected chi connectivity index (χ1v) is 3.70. The van der Waals surface area contributed by atoms with Crippen LogP contribution in [0.2, 0.25) is 0 Å². The zero-order valence-electron chi connectivity index (χ0n) is 5.13. The first kappa shape index (κ1) is 7.54. The Kier molecular flexibility index (Phi) is 2.68. The maximum absolute atomic E-state index is 12.1. The first-order chi connectivity index (χ1) is 4.79. The lowest BCUT2D eigenvalue weighted by atomic mass is 10.3. The normalized spacial score (nSPS) is 12.6. The summed E-state index contributed by atoms with van der Waals surface area (Å²) in [6, 6.07) is 8.78. The van der Waals surface area contributed by atoms with E-state index in [9.17, 15) is 4.39 Å². The smallest absolute Gasteiger partial charge is 0.293 e. The highest BCUT2D eigenvalue weighted by Crippen LogP contribution is 2.13. The van der Waals surface area contributed by atoms with Crippen LogP contribution in [0, 0.1) is 0 Å². The van der Waals surface area contributed by atoms with Crippen LogP contribution in [0.1, 0.15) is 0 Å². The minimum absolute atomic E-state index is 0.520. The van der Waals surface area contributed by atoms with E-state index < -0.39 is 5.27 Å². The molecule has 1 nitrogen and oxygen atoms in total. The van der Waals surface area contributed by atoms with Gasteiger partial charge in [0.05, 0.1) is 0 Å². The summed E-state index contributed by atoms with van der Waals surface area (Å²) in [7, 11) is 0. The van der Waals surface area contributed by atoms with Crippen molar-refractivity contribution < 1.29 is 9.13 Å². The van der Waals surface area contributed by atoms with Crippen LogP contribution in [-0.4, -0.2) is 5.27 Å². The van der Waals surface area contributed by atoms with E-state index in [0.717, 1.165) is 0 Å². The summed E-state index contributed by atoms with van der Waals surface area (Å²) in [6.45, 7) is 0. The molecule has 0 saturated carbocycles. The molecular weight excluding hydrogens is 199 g/mol. The summed E-state index contributed by atoms with van der Waals surface area (Å²) < 4.78 is 16.7. The topological polar surface area (TPSA) is 9.23 Å². The third kappa shape index (κ3) is 2.35. The molecule has 0 saturated heterocycles. The Labute approximate surface area is 66.9 Å². The quantitative estimate of drug-likeness (QED) is 0.674. The van der Waals surface area contributed by atoms with E-state index in [1.807, 2.05) is 6.07 Å². The number of halogens is 2. The molecule has 0 aliphatic heterocycles. The van der Waals surface area contributed by atoms with Gasteiger partial charge in [0.15, 0.2) is 0 Å². The molecule has 1 aromatic rings. The van der Waals surface area contributed by atoms with Gasteiger partial charge in [0, 0.05) is 0 Å². The minimum Gasteiger partial charge on any atom is -0.451 e. The van der Waals surface area contributed by atoms with Gasteiger partial charge < -0.3 is 4.74 Å². The molecule has 0 aromatic heterocycles. The van der Waals surface area contributed by atoms with E-state index in [1.54, 1.807) is 24.3 Å². The van der Waals surface area contributed by atoms with Gasteiger partial charge in [-0.3, -0.25) is 0 Å². The van der Waals surface area contributed by atoms with Gasteiger partial charge in [-0.15, -0.1) is 0 Å². The SMILES string of the molecule is FC(Br)Oc1ccccc1. The van der Waals surface area contributed by atoms with Crippen LogP contribution in [0.3, 0.4) is 0 Å². The molecule has 0 heterocycles. The fourth-order valence-corrected chi connectivity index (χ4v) is 0.818. The molecule has 1 aromatic carbocycles. The number of hydrogen-bond donors (Lipinski definition) is 0. The lowest BCUT2D eigenvalue weighted by Gasteiger charge is -2.03. The molecule has 0 aliphatic rings. The second-order valence-corrected chi connectivity index (χ2v) is 2.41. The number of hydrogen-bond acceptors (Lipinski definition) is 1. The van der Waals surface area contributed by atoms with E-state index in [0.29, 0.717) is 5.75 Å². The molecule has 1 rings (SSSR count). The molecule has 0 bridgehead atoms. The summed E-state index contributed by atoms with van der Waals surface area (Å²) in [5.41, 5.74) is 0. The molecule has 3 heteroatoms. The van der Waals surface area contributed by atoms with E-state index in [1.165, 1.54) is 0 Å². The summed E-state index contributed by atoms with van der Waals surface area (Å²) >= 11 is 2.62. The van der Waals surface area contributed by atoms with Gasteiger partial charge >= 0.3 is 0 Å². The van der Waals surface area contributed by atoms with Crippen LogP contribution in [0.15, 0.2) is 30.3 Å². The van der Waals surface area contributed by atoms with Crippen molar-refractivity contribution in [3.63, 3.8) is 0 Å². The van der Waals surface area contributed by atoms with Crippen molar-refractivity contribution in [3.05, 3.63) is 30.3 Å². The van der Waals surface area contributed by atoms with Crippen molar-refractivity contribution in [3.8, 4) is 5.75 Å². The van der Waals surface area contributed by atoms with Gasteiger partial charge in [-0.2, -0.15) is 4.39 Å². The standard InChI is InChI=1S/C7H6BrFO/c8-7(9)10-6-4-2-1-3-5-6/h1-5,7H. The highest BCUT2D eigenvalue weighted by atomic mass is 79.9. The fourth-order valence-electron chi connectivity index (χ4n) is 0.602. The third-order valence-corrected chi connectivity index (χ3v) is 1.16. The molecule has 1 unspecified atom stereocenters. The molecule has 0 radical (unpaired) electrons. The first-order valence-electron chi connectivity index (χ1n) is 2.79. The molecule has 54 valence electrons. The number of para-hydroxylation sites is 1. The highest BCUT2D eigenvalue weighted by molar-refractivity contribution is 9.09. The van der Waals surface area contributed by atoms with Crippen LogP contribution in [0.5, 0.6) is 5.75 Å². The Bertz CT molecular complexity index is 188. The van der Waals surface area contributed by atoms with Crippen molar-refractivity contribution in [2.75, 3.05) is 0 Å². The zero-order valence-corrected chi connectivity index (χ0v) is 6.71. The second-order valence-electron chi connectivity index (χ2n) is 1.69. The maximum atomic E-state index is 12.1. The summed E-state index contributed by atoms with van der Waals surface area (Å²) in [5.74, 6) is 0.520. The average molecular weight is 205 g/mol. The largest absolute Gasteiger partial charge is 0.451 e. The van der Waals surface area contributed by atoms with Gasteiger partial charge in [-0.1, -0.05) is 18.2 Å². The Morgan fingerprint density at radius 1 is 1.30 bits per heavy atom. The fraction of sp³-hybridized carbons (Fsp3) is 0.143. The van der Waals surface area contributed by atoms with Crippen LogP contribution >= 0.6 is 15.9 Å². The molecule has 0 fully saturated rings. The lowest BCUT2D eigenvalue weighted by Crippen LogP contribution is -1.98. The van der Waals surface area contributed by atoms with Gasteiger partial charge in [-0.25, -0.2) is 0 Å². The summed E-state index contributed by atoms with van der Waals surface area (Å²) in [5, 5.41) is -1.42. The molecule has 0 amide bonds. The maximum Gasteiger partial charge on any atom is 0.293 e. The summed E-state index contributed by atoms with van der Waals surface area (Å²) in [6.07, 6.45) is 0. The average Bonchev–Trinajstić information content (AvgIpc) is 1.88. The molecular formula is C7H6BrFO. The Morgan fingerprint density at radius 3 is 2.40 bits per heavy atom. The molecule has 0 N–H and O–H groups in total. The predicted octanol–water partition coefficient (Wildman–Crippen LogP) is 2.71. The van der Waals surface area contributed by atoms with E-state index in [2.05, 4.69) is 20.7 Å². The molecule has 0 spiro atoms. The van der Waals surface area contributed by atoms with Crippen molar-refractivity contribution in [2.45, 2.75) is 5.27 Å². The van der Waals surface area contributed by atoms with Gasteiger partial charge in [0.25, 0.3) is 5.27 Å². The molecule has 10 heavy (non-hydrogen) atoms. The Balaban J connectivity index is 2.59. The van der Waals surface area contributed by atoms with Crippen molar-refractivity contribution in [2.24, 2.45) is 0 Å². The number of alkyl halides is 2. The van der Waals surface area contributed by atoms with Gasteiger partial charge in [-0.05, 0) is 28.1 Å². The number of rotatable bonds is 2. The second kappa shape index (κ2) is 3.56. The van der Waals surface area contributed by atoms with Gasteiger partial charge in [0.2, 0.25) is 0 Å². The van der Waals surface area contributed by atoms with Crippen LogP contribution in [-0.2, 0) is 0 Å². The predicted molar refractivity (Wildman–Crippen MR) is 40.9 cm³/mol. The molecule has 0 aliphatic carbocycles. The Morgan fingerprint density at radius 2 is 1.90 bits per heavy atom. The van der Waals surface area contributed by atoms with Crippen LogP contribution in [0.4, 0.5) is 4.39 Å². The van der Waals surface area contributed by atoms with Crippen molar-refractivity contribution in [1.29, 1.82) is 0 Å². The van der Waals surface area contributed by atoms with E-state index in [-0.39, 0.29) is 0 Å². The summed E-state index contributed by atoms with van der Waals surface area (Å²) in [4.78, 5) is 0. The lowest BCUT2D eigenvalue weighted by molar-refractivity contribution is 0.161. The number of ether oxygens (including phenoxy) is 1. The van der Waals surface area contributed by atoms with Crippen molar-refractivity contribution >= 4 is 15.9 Å². The third-order valence-electron chi connectivity index (χ3n) is 0.968. The minimum atomic E-state index is -1.42. The van der Waals surface area contributed by atoms with E-state index in [4.69, 9.17) is 0 Å². The highest BCUT2D eigenvalue weighted by Gasteiger charge is 1.98. The Hall–Kier alpha value is -0.570. The van der Waals surface area contributed by atoms with Crippen molar-refractivity contribution in [1.82, 2.24) is 0 Å².